The summed E-state index contributed by atoms with van der Waals surface area (Å²) >= 11 is 0. The molecule has 0 saturated heterocycles. The molecule has 240 valence electrons. The molecule has 9 nitrogen and oxygen atoms in total. The lowest BCUT2D eigenvalue weighted by Gasteiger charge is -2.08. The molecule has 2 rings (SSSR count). The summed E-state index contributed by atoms with van der Waals surface area (Å²) in [4.78, 5) is 24.3. The zero-order valence-corrected chi connectivity index (χ0v) is 26.5. The van der Waals surface area contributed by atoms with Gasteiger partial charge in [-0.15, -0.1) is 10.2 Å². The van der Waals surface area contributed by atoms with Gasteiger partial charge in [-0.05, 0) is 56.4 Å². The Morgan fingerprint density at radius 3 is 1.93 bits per heavy atom. The van der Waals surface area contributed by atoms with E-state index >= 15 is 0 Å². The van der Waals surface area contributed by atoms with Crippen LogP contribution in [0.3, 0.4) is 0 Å². The molecule has 2 amide bonds. The lowest BCUT2D eigenvalue weighted by molar-refractivity contribution is -0.121. The van der Waals surface area contributed by atoms with Crippen LogP contribution >= 0.6 is 0 Å². The van der Waals surface area contributed by atoms with E-state index in [1.54, 1.807) is 31.2 Å². The summed E-state index contributed by atoms with van der Waals surface area (Å²) < 4.78 is 16.4. The van der Waals surface area contributed by atoms with Gasteiger partial charge in [0.2, 0.25) is 17.7 Å². The van der Waals surface area contributed by atoms with Gasteiger partial charge in [-0.3, -0.25) is 9.59 Å². The molecule has 0 aliphatic rings. The number of hydrogen-bond acceptors (Lipinski definition) is 7. The number of carbonyl (C=O) groups is 2. The molecular weight excluding hydrogens is 544 g/mol. The zero-order valence-electron chi connectivity index (χ0n) is 26.5. The lowest BCUT2D eigenvalue weighted by atomic mass is 10.1. The monoisotopic (exact) mass is 598 g/mol. The number of unbranched alkanes of at least 4 members (excludes halogenated alkanes) is 11. The van der Waals surface area contributed by atoms with E-state index in [2.05, 4.69) is 39.9 Å². The number of rotatable bonds is 26. The van der Waals surface area contributed by atoms with Gasteiger partial charge in [0.1, 0.15) is 0 Å². The Hall–Kier alpha value is -3.04. The predicted molar refractivity (Wildman–Crippen MR) is 171 cm³/mol. The Balaban J connectivity index is 1.31. The van der Waals surface area contributed by atoms with E-state index < -0.39 is 0 Å². The summed E-state index contributed by atoms with van der Waals surface area (Å²) in [5.74, 6) is 0.836. The Bertz CT molecular complexity index is 1020. The topological polar surface area (TPSA) is 116 Å². The molecule has 0 bridgehead atoms. The molecule has 0 fully saturated rings. The van der Waals surface area contributed by atoms with Crippen molar-refractivity contribution in [2.75, 3.05) is 39.5 Å². The van der Waals surface area contributed by atoms with Gasteiger partial charge in [-0.1, -0.05) is 70.4 Å². The molecule has 0 aliphatic carbocycles. The first-order chi connectivity index (χ1) is 21.1. The van der Waals surface area contributed by atoms with Gasteiger partial charge in [0, 0.05) is 37.6 Å². The number of aromatic nitrogens is 2. The van der Waals surface area contributed by atoms with Crippen molar-refractivity contribution in [2.45, 2.75) is 104 Å². The van der Waals surface area contributed by atoms with Crippen molar-refractivity contribution >= 4 is 11.8 Å². The minimum atomic E-state index is -0.175. The van der Waals surface area contributed by atoms with Crippen LogP contribution in [0.5, 0.6) is 0 Å². The fourth-order valence-electron chi connectivity index (χ4n) is 4.55. The SMILES string of the molecule is CCCCCCCC/C=C\CCCCCCCC(=O)NCCOCCOCCNC(=O)c1ccc(-c2nnc(C)o2)cc1. The highest BCUT2D eigenvalue weighted by Gasteiger charge is 2.09. The van der Waals surface area contributed by atoms with E-state index in [0.717, 1.165) is 18.4 Å². The lowest BCUT2D eigenvalue weighted by Crippen LogP contribution is -2.28. The maximum Gasteiger partial charge on any atom is 0.251 e. The van der Waals surface area contributed by atoms with Crippen molar-refractivity contribution in [3.63, 3.8) is 0 Å². The average molecular weight is 599 g/mol. The molecular formula is C34H54N4O5. The number of hydrogen-bond donors (Lipinski definition) is 2. The number of allylic oxidation sites excluding steroid dienone is 2. The molecule has 1 aromatic carbocycles. The molecule has 0 aliphatic heterocycles. The van der Waals surface area contributed by atoms with Crippen molar-refractivity contribution < 1.29 is 23.5 Å². The molecule has 0 saturated carbocycles. The molecule has 0 spiro atoms. The number of benzene rings is 1. The summed E-state index contributed by atoms with van der Waals surface area (Å²) in [5, 5.41) is 13.5. The Morgan fingerprint density at radius 2 is 1.33 bits per heavy atom. The first-order valence-electron chi connectivity index (χ1n) is 16.4. The van der Waals surface area contributed by atoms with E-state index in [9.17, 15) is 9.59 Å². The minimum absolute atomic E-state index is 0.0904. The van der Waals surface area contributed by atoms with Crippen LogP contribution in [0.15, 0.2) is 40.8 Å². The second kappa shape index (κ2) is 24.4. The van der Waals surface area contributed by atoms with Gasteiger partial charge in [-0.2, -0.15) is 0 Å². The normalized spacial score (nSPS) is 11.3. The van der Waals surface area contributed by atoms with Crippen LogP contribution in [0.2, 0.25) is 0 Å². The molecule has 2 aromatic rings. The summed E-state index contributed by atoms with van der Waals surface area (Å²) in [7, 11) is 0. The summed E-state index contributed by atoms with van der Waals surface area (Å²) in [6.07, 6.45) is 21.6. The van der Waals surface area contributed by atoms with E-state index in [-0.39, 0.29) is 11.8 Å². The van der Waals surface area contributed by atoms with Crippen LogP contribution in [-0.4, -0.2) is 61.5 Å². The fraction of sp³-hybridized carbons (Fsp3) is 0.647. The van der Waals surface area contributed by atoms with Crippen LogP contribution < -0.4 is 10.6 Å². The van der Waals surface area contributed by atoms with Crippen molar-refractivity contribution in [3.05, 3.63) is 47.9 Å². The minimum Gasteiger partial charge on any atom is -0.421 e. The third-order valence-electron chi connectivity index (χ3n) is 7.06. The first-order valence-corrected chi connectivity index (χ1v) is 16.4. The van der Waals surface area contributed by atoms with Gasteiger partial charge in [-0.25, -0.2) is 0 Å². The maximum atomic E-state index is 12.3. The highest BCUT2D eigenvalue weighted by atomic mass is 16.5. The largest absolute Gasteiger partial charge is 0.421 e. The van der Waals surface area contributed by atoms with Gasteiger partial charge < -0.3 is 24.5 Å². The van der Waals surface area contributed by atoms with Crippen molar-refractivity contribution in [1.82, 2.24) is 20.8 Å². The second-order valence-corrected chi connectivity index (χ2v) is 10.9. The number of nitrogens with zero attached hydrogens (tertiary/aromatic N) is 2. The third-order valence-corrected chi connectivity index (χ3v) is 7.06. The molecule has 0 unspecified atom stereocenters. The number of carbonyl (C=O) groups excluding carboxylic acids is 2. The molecule has 0 atom stereocenters. The smallest absolute Gasteiger partial charge is 0.251 e. The van der Waals surface area contributed by atoms with Gasteiger partial charge in [0.05, 0.1) is 26.4 Å². The molecule has 43 heavy (non-hydrogen) atoms. The maximum absolute atomic E-state index is 12.3. The third kappa shape index (κ3) is 18.3. The highest BCUT2D eigenvalue weighted by Crippen LogP contribution is 2.18. The molecule has 9 heteroatoms. The van der Waals surface area contributed by atoms with Crippen molar-refractivity contribution in [2.24, 2.45) is 0 Å². The Morgan fingerprint density at radius 1 is 0.744 bits per heavy atom. The van der Waals surface area contributed by atoms with Crippen LogP contribution in [0.4, 0.5) is 0 Å². The molecule has 1 aromatic heterocycles. The molecule has 2 N–H and O–H groups in total. The van der Waals surface area contributed by atoms with E-state index in [4.69, 9.17) is 13.9 Å². The number of amides is 2. The summed E-state index contributed by atoms with van der Waals surface area (Å²) in [6.45, 7) is 6.61. The van der Waals surface area contributed by atoms with E-state index in [0.29, 0.717) is 63.3 Å². The quantitative estimate of drug-likeness (QED) is 0.0888. The Labute approximate surface area is 258 Å². The van der Waals surface area contributed by atoms with Gasteiger partial charge in [0.15, 0.2) is 0 Å². The van der Waals surface area contributed by atoms with Crippen LogP contribution in [0.25, 0.3) is 11.5 Å². The Kier molecular flexibility index (Phi) is 20.5. The van der Waals surface area contributed by atoms with Crippen molar-refractivity contribution in [3.8, 4) is 11.5 Å². The molecule has 0 radical (unpaired) electrons. The fourth-order valence-corrected chi connectivity index (χ4v) is 4.55. The van der Waals surface area contributed by atoms with Crippen LogP contribution in [0, 0.1) is 6.92 Å². The summed E-state index contributed by atoms with van der Waals surface area (Å²) in [5.41, 5.74) is 1.31. The highest BCUT2D eigenvalue weighted by molar-refractivity contribution is 5.94. The summed E-state index contributed by atoms with van der Waals surface area (Å²) in [6, 6.07) is 6.99. The van der Waals surface area contributed by atoms with E-state index in [1.807, 2.05) is 0 Å². The van der Waals surface area contributed by atoms with Gasteiger partial charge in [0.25, 0.3) is 5.91 Å². The average Bonchev–Trinajstić information content (AvgIpc) is 3.46. The van der Waals surface area contributed by atoms with Gasteiger partial charge >= 0.3 is 0 Å². The first kappa shape index (κ1) is 36.2. The second-order valence-electron chi connectivity index (χ2n) is 10.9. The van der Waals surface area contributed by atoms with Crippen LogP contribution in [0.1, 0.15) is 113 Å². The molecule has 1 heterocycles. The van der Waals surface area contributed by atoms with E-state index in [1.165, 1.54) is 70.6 Å². The standard InChI is InChI=1S/C34H54N4O5/c1-3-4-5-6-7-8-9-10-11-12-13-14-15-16-17-18-32(39)35-23-25-41-27-28-42-26-24-36-33(40)30-19-21-31(22-20-30)34-38-37-29(2)43-34/h10-11,19-22H,3-9,12-18,23-28H2,1-2H3,(H,35,39)(H,36,40)/b11-10-. The van der Waals surface area contributed by atoms with Crippen LogP contribution in [-0.2, 0) is 14.3 Å². The predicted octanol–water partition coefficient (Wildman–Crippen LogP) is 6.96. The zero-order chi connectivity index (χ0) is 30.8. The number of ether oxygens (including phenoxy) is 2. The van der Waals surface area contributed by atoms with Crippen molar-refractivity contribution in [1.29, 1.82) is 0 Å². The number of nitrogens with one attached hydrogen (secondary N) is 2. The number of aryl methyl sites for hydroxylation is 1.